The summed E-state index contributed by atoms with van der Waals surface area (Å²) in [6.45, 7) is 8.98. The third-order valence-corrected chi connectivity index (χ3v) is 2.59. The van der Waals surface area contributed by atoms with Crippen LogP contribution in [0.4, 0.5) is 0 Å². The minimum absolute atomic E-state index is 0.608. The van der Waals surface area contributed by atoms with Crippen LogP contribution >= 0.6 is 0 Å². The minimum Gasteiger partial charge on any atom is -0.380 e. The van der Waals surface area contributed by atoms with Crippen molar-refractivity contribution in [1.82, 2.24) is 4.90 Å². The maximum absolute atomic E-state index is 5.56. The molecular formula is C11H21NO. The first-order valence-electron chi connectivity index (χ1n) is 5.18. The molecule has 1 rings (SSSR count). The molecule has 13 heavy (non-hydrogen) atoms. The summed E-state index contributed by atoms with van der Waals surface area (Å²) in [6.07, 6.45) is 3.49. The molecule has 1 fully saturated rings. The second-order valence-corrected chi connectivity index (χ2v) is 3.93. The second kappa shape index (κ2) is 5.40. The van der Waals surface area contributed by atoms with Gasteiger partial charge in [-0.3, -0.25) is 4.90 Å². The first-order valence-corrected chi connectivity index (χ1v) is 5.18. The van der Waals surface area contributed by atoms with Crippen LogP contribution in [0.5, 0.6) is 0 Å². The molecule has 0 amide bonds. The van der Waals surface area contributed by atoms with E-state index in [1.54, 1.807) is 0 Å². The summed E-state index contributed by atoms with van der Waals surface area (Å²) in [6, 6.07) is 0.608. The van der Waals surface area contributed by atoms with E-state index in [0.29, 0.717) is 6.04 Å². The Labute approximate surface area is 81.6 Å². The maximum atomic E-state index is 5.56. The Morgan fingerprint density at radius 2 is 2.38 bits per heavy atom. The summed E-state index contributed by atoms with van der Waals surface area (Å²) in [5.74, 6) is 0. The van der Waals surface area contributed by atoms with Gasteiger partial charge < -0.3 is 4.74 Å². The molecule has 0 saturated carbocycles. The van der Waals surface area contributed by atoms with Crippen LogP contribution in [-0.4, -0.2) is 37.7 Å². The number of piperidine rings is 1. The monoisotopic (exact) mass is 183 g/mol. The molecule has 0 aromatic rings. The fraction of sp³-hybridized carbons (Fsp3) is 0.818. The number of rotatable bonds is 4. The van der Waals surface area contributed by atoms with Gasteiger partial charge >= 0.3 is 0 Å². The van der Waals surface area contributed by atoms with E-state index in [-0.39, 0.29) is 0 Å². The third kappa shape index (κ3) is 3.49. The number of nitrogens with zero attached hydrogens (tertiary/aromatic N) is 1. The predicted octanol–water partition coefficient (Wildman–Crippen LogP) is 2.06. The van der Waals surface area contributed by atoms with Crippen molar-refractivity contribution < 1.29 is 4.74 Å². The predicted molar refractivity (Wildman–Crippen MR) is 55.9 cm³/mol. The zero-order chi connectivity index (χ0) is 9.68. The van der Waals surface area contributed by atoms with Crippen molar-refractivity contribution in [3.05, 3.63) is 12.2 Å². The number of hydrogen-bond acceptors (Lipinski definition) is 2. The van der Waals surface area contributed by atoms with Gasteiger partial charge in [0.1, 0.15) is 0 Å². The molecule has 0 N–H and O–H groups in total. The molecule has 1 heterocycles. The molecule has 1 aliphatic rings. The maximum Gasteiger partial charge on any atom is 0.0621 e. The van der Waals surface area contributed by atoms with E-state index in [1.165, 1.54) is 18.4 Å². The van der Waals surface area contributed by atoms with Gasteiger partial charge in [0.15, 0.2) is 0 Å². The molecule has 1 unspecified atom stereocenters. The number of hydrogen-bond donors (Lipinski definition) is 0. The highest BCUT2D eigenvalue weighted by Crippen LogP contribution is 2.18. The molecule has 0 spiro atoms. The average molecular weight is 183 g/mol. The van der Waals surface area contributed by atoms with Crippen LogP contribution in [0.3, 0.4) is 0 Å². The molecule has 0 aliphatic carbocycles. The zero-order valence-electron chi connectivity index (χ0n) is 8.88. The van der Waals surface area contributed by atoms with Crippen molar-refractivity contribution in [2.24, 2.45) is 0 Å². The van der Waals surface area contributed by atoms with Crippen LogP contribution < -0.4 is 0 Å². The Morgan fingerprint density at radius 3 is 3.00 bits per heavy atom. The smallest absolute Gasteiger partial charge is 0.0621 e. The normalized spacial score (nSPS) is 25.1. The summed E-state index contributed by atoms with van der Waals surface area (Å²) in [7, 11) is 2.16. The molecule has 2 nitrogen and oxygen atoms in total. The minimum atomic E-state index is 0.608. The SMILES string of the molecule is C=C1CCC(COCCC)N(C)C1. The molecule has 0 aromatic heterocycles. The standard InChI is InChI=1S/C11H21NO/c1-4-7-13-9-11-6-5-10(2)8-12(11)3/h11H,2,4-9H2,1,3H3. The zero-order valence-corrected chi connectivity index (χ0v) is 8.88. The van der Waals surface area contributed by atoms with Crippen molar-refractivity contribution in [3.63, 3.8) is 0 Å². The topological polar surface area (TPSA) is 12.5 Å². The van der Waals surface area contributed by atoms with E-state index in [1.807, 2.05) is 0 Å². The molecule has 2 heteroatoms. The lowest BCUT2D eigenvalue weighted by molar-refractivity contribution is 0.0628. The van der Waals surface area contributed by atoms with Crippen molar-refractivity contribution in [1.29, 1.82) is 0 Å². The van der Waals surface area contributed by atoms with Gasteiger partial charge in [-0.25, -0.2) is 0 Å². The van der Waals surface area contributed by atoms with Crippen molar-refractivity contribution >= 4 is 0 Å². The average Bonchev–Trinajstić information content (AvgIpc) is 2.09. The van der Waals surface area contributed by atoms with Crippen LogP contribution in [0.25, 0.3) is 0 Å². The summed E-state index contributed by atoms with van der Waals surface area (Å²) in [5, 5.41) is 0. The Balaban J connectivity index is 2.21. The number of likely N-dealkylation sites (N-methyl/N-ethyl adjacent to an activating group) is 1. The number of ether oxygens (including phenoxy) is 1. The molecule has 0 radical (unpaired) electrons. The first kappa shape index (κ1) is 10.7. The fourth-order valence-corrected chi connectivity index (χ4v) is 1.73. The molecule has 1 aliphatic heterocycles. The van der Waals surface area contributed by atoms with Gasteiger partial charge in [0, 0.05) is 19.2 Å². The van der Waals surface area contributed by atoms with E-state index in [4.69, 9.17) is 4.74 Å². The molecule has 0 bridgehead atoms. The fourth-order valence-electron chi connectivity index (χ4n) is 1.73. The van der Waals surface area contributed by atoms with Crippen molar-refractivity contribution in [3.8, 4) is 0 Å². The quantitative estimate of drug-likeness (QED) is 0.488. The lowest BCUT2D eigenvalue weighted by Gasteiger charge is -2.33. The van der Waals surface area contributed by atoms with E-state index < -0.39 is 0 Å². The highest BCUT2D eigenvalue weighted by Gasteiger charge is 2.20. The molecule has 1 atom stereocenters. The van der Waals surface area contributed by atoms with Crippen LogP contribution in [0, 0.1) is 0 Å². The Bertz CT molecular complexity index is 167. The summed E-state index contributed by atoms with van der Waals surface area (Å²) >= 11 is 0. The summed E-state index contributed by atoms with van der Waals surface area (Å²) in [4.78, 5) is 2.35. The molecule has 76 valence electrons. The lowest BCUT2D eigenvalue weighted by atomic mass is 10.0. The Kier molecular flexibility index (Phi) is 4.46. The molecule has 1 saturated heterocycles. The second-order valence-electron chi connectivity index (χ2n) is 3.93. The summed E-state index contributed by atoms with van der Waals surface area (Å²) in [5.41, 5.74) is 1.36. The van der Waals surface area contributed by atoms with E-state index in [0.717, 1.165) is 26.2 Å². The number of likely N-dealkylation sites (tertiary alicyclic amines) is 1. The van der Waals surface area contributed by atoms with Crippen LogP contribution in [0.2, 0.25) is 0 Å². The highest BCUT2D eigenvalue weighted by atomic mass is 16.5. The van der Waals surface area contributed by atoms with Crippen molar-refractivity contribution in [2.75, 3.05) is 26.8 Å². The van der Waals surface area contributed by atoms with Gasteiger partial charge in [-0.05, 0) is 26.3 Å². The summed E-state index contributed by atoms with van der Waals surface area (Å²) < 4.78 is 5.56. The molecular weight excluding hydrogens is 162 g/mol. The van der Waals surface area contributed by atoms with Crippen LogP contribution in [0.1, 0.15) is 26.2 Å². The van der Waals surface area contributed by atoms with Gasteiger partial charge in [-0.15, -0.1) is 0 Å². The lowest BCUT2D eigenvalue weighted by Crippen LogP contribution is -2.40. The van der Waals surface area contributed by atoms with Gasteiger partial charge in [-0.2, -0.15) is 0 Å². The Morgan fingerprint density at radius 1 is 1.62 bits per heavy atom. The van der Waals surface area contributed by atoms with E-state index >= 15 is 0 Å². The largest absolute Gasteiger partial charge is 0.380 e. The molecule has 0 aromatic carbocycles. The van der Waals surface area contributed by atoms with E-state index in [9.17, 15) is 0 Å². The third-order valence-electron chi connectivity index (χ3n) is 2.59. The van der Waals surface area contributed by atoms with E-state index in [2.05, 4.69) is 25.5 Å². The van der Waals surface area contributed by atoms with Gasteiger partial charge in [0.25, 0.3) is 0 Å². The van der Waals surface area contributed by atoms with Gasteiger partial charge in [0.05, 0.1) is 6.61 Å². The first-order chi connectivity index (χ1) is 6.24. The highest BCUT2D eigenvalue weighted by molar-refractivity contribution is 5.02. The van der Waals surface area contributed by atoms with Crippen LogP contribution in [0.15, 0.2) is 12.2 Å². The van der Waals surface area contributed by atoms with Gasteiger partial charge in [0.2, 0.25) is 0 Å². The van der Waals surface area contributed by atoms with Crippen molar-refractivity contribution in [2.45, 2.75) is 32.2 Å². The van der Waals surface area contributed by atoms with Crippen LogP contribution in [-0.2, 0) is 4.74 Å². The van der Waals surface area contributed by atoms with Gasteiger partial charge in [-0.1, -0.05) is 19.1 Å². The Hall–Kier alpha value is -0.340.